The minimum atomic E-state index is -0.0548. The molecule has 2 N–H and O–H groups in total. The summed E-state index contributed by atoms with van der Waals surface area (Å²) in [7, 11) is 0. The summed E-state index contributed by atoms with van der Waals surface area (Å²) >= 11 is 4.98. The lowest BCUT2D eigenvalue weighted by Gasteiger charge is -2.08. The van der Waals surface area contributed by atoms with Gasteiger partial charge < -0.3 is 10.6 Å². The number of aryl methyl sites for hydroxylation is 1. The standard InChI is InChI=1S/C13H14BrN3OS/c1-8-5-10(6-16-13(8)14)15-7-12-11(3-4-19-12)17-9(2)18/h3-6,15H,7H2,1-2H3,(H,17,18). The summed E-state index contributed by atoms with van der Waals surface area (Å²) < 4.78 is 0.855. The lowest BCUT2D eigenvalue weighted by molar-refractivity contribution is -0.114. The number of rotatable bonds is 4. The molecule has 19 heavy (non-hydrogen) atoms. The van der Waals surface area contributed by atoms with Crippen molar-refractivity contribution in [2.24, 2.45) is 0 Å². The van der Waals surface area contributed by atoms with Gasteiger partial charge in [-0.3, -0.25) is 4.79 Å². The number of thiophene rings is 1. The lowest BCUT2D eigenvalue weighted by atomic mass is 10.3. The van der Waals surface area contributed by atoms with Crippen molar-refractivity contribution in [2.45, 2.75) is 20.4 Å². The van der Waals surface area contributed by atoms with Gasteiger partial charge in [-0.2, -0.15) is 0 Å². The molecule has 0 bridgehead atoms. The van der Waals surface area contributed by atoms with E-state index in [-0.39, 0.29) is 5.91 Å². The van der Waals surface area contributed by atoms with E-state index in [2.05, 4.69) is 31.5 Å². The first-order chi connectivity index (χ1) is 9.06. The number of halogens is 1. The van der Waals surface area contributed by atoms with Gasteiger partial charge in [0.2, 0.25) is 5.91 Å². The largest absolute Gasteiger partial charge is 0.379 e. The highest BCUT2D eigenvalue weighted by Gasteiger charge is 2.06. The van der Waals surface area contributed by atoms with Crippen LogP contribution in [0, 0.1) is 6.92 Å². The molecule has 100 valence electrons. The molecule has 0 saturated heterocycles. The van der Waals surface area contributed by atoms with Crippen molar-refractivity contribution in [2.75, 3.05) is 10.6 Å². The van der Waals surface area contributed by atoms with Crippen LogP contribution in [0.3, 0.4) is 0 Å². The zero-order valence-electron chi connectivity index (χ0n) is 10.7. The number of hydrogen-bond acceptors (Lipinski definition) is 4. The van der Waals surface area contributed by atoms with Crippen LogP contribution >= 0.6 is 27.3 Å². The number of nitrogens with zero attached hydrogens (tertiary/aromatic N) is 1. The number of amides is 1. The van der Waals surface area contributed by atoms with Gasteiger partial charge in [0.1, 0.15) is 4.60 Å². The molecular formula is C13H14BrN3OS. The van der Waals surface area contributed by atoms with Crippen LogP contribution in [0.2, 0.25) is 0 Å². The smallest absolute Gasteiger partial charge is 0.221 e. The topological polar surface area (TPSA) is 54.0 Å². The molecule has 0 saturated carbocycles. The van der Waals surface area contributed by atoms with E-state index < -0.39 is 0 Å². The van der Waals surface area contributed by atoms with E-state index in [1.54, 1.807) is 17.5 Å². The molecule has 2 heterocycles. The predicted octanol–water partition coefficient (Wildman–Crippen LogP) is 3.78. The molecule has 0 aliphatic heterocycles. The summed E-state index contributed by atoms with van der Waals surface area (Å²) in [5, 5.41) is 8.09. The van der Waals surface area contributed by atoms with Gasteiger partial charge in [-0.05, 0) is 45.9 Å². The Hall–Kier alpha value is -1.40. The van der Waals surface area contributed by atoms with Crippen LogP contribution < -0.4 is 10.6 Å². The molecule has 0 spiro atoms. The highest BCUT2D eigenvalue weighted by molar-refractivity contribution is 9.10. The van der Waals surface area contributed by atoms with Gasteiger partial charge in [-0.25, -0.2) is 4.98 Å². The second-order valence-electron chi connectivity index (χ2n) is 4.12. The first-order valence-electron chi connectivity index (χ1n) is 5.76. The molecule has 2 rings (SSSR count). The van der Waals surface area contributed by atoms with E-state index in [9.17, 15) is 4.79 Å². The molecule has 0 unspecified atom stereocenters. The van der Waals surface area contributed by atoms with E-state index in [0.29, 0.717) is 6.54 Å². The monoisotopic (exact) mass is 339 g/mol. The van der Waals surface area contributed by atoms with E-state index in [1.165, 1.54) is 6.92 Å². The van der Waals surface area contributed by atoms with E-state index >= 15 is 0 Å². The molecule has 1 amide bonds. The third-order valence-electron chi connectivity index (χ3n) is 2.52. The van der Waals surface area contributed by atoms with Crippen molar-refractivity contribution in [3.63, 3.8) is 0 Å². The predicted molar refractivity (Wildman–Crippen MR) is 82.6 cm³/mol. The number of carbonyl (C=O) groups is 1. The Morgan fingerprint density at radius 3 is 3.00 bits per heavy atom. The Morgan fingerprint density at radius 2 is 2.32 bits per heavy atom. The van der Waals surface area contributed by atoms with Gasteiger partial charge in [0.15, 0.2) is 0 Å². The molecule has 0 aliphatic rings. The summed E-state index contributed by atoms with van der Waals surface area (Å²) in [6, 6.07) is 3.94. The average Bonchev–Trinajstić information content (AvgIpc) is 2.77. The van der Waals surface area contributed by atoms with Crippen LogP contribution in [0.5, 0.6) is 0 Å². The zero-order valence-corrected chi connectivity index (χ0v) is 13.1. The number of carbonyl (C=O) groups excluding carboxylic acids is 1. The average molecular weight is 340 g/mol. The van der Waals surface area contributed by atoms with Crippen LogP contribution in [0.15, 0.2) is 28.3 Å². The van der Waals surface area contributed by atoms with Gasteiger partial charge >= 0.3 is 0 Å². The molecule has 0 fully saturated rings. The third-order valence-corrected chi connectivity index (χ3v) is 4.27. The minimum Gasteiger partial charge on any atom is -0.379 e. The van der Waals surface area contributed by atoms with Gasteiger partial charge in [-0.15, -0.1) is 11.3 Å². The molecule has 4 nitrogen and oxygen atoms in total. The molecule has 0 aliphatic carbocycles. The summed E-state index contributed by atoms with van der Waals surface area (Å²) in [6.45, 7) is 4.17. The Bertz CT molecular complexity index is 597. The maximum atomic E-state index is 11.1. The normalized spacial score (nSPS) is 10.3. The van der Waals surface area contributed by atoms with Crippen LogP contribution in [-0.4, -0.2) is 10.9 Å². The number of pyridine rings is 1. The fourth-order valence-corrected chi connectivity index (χ4v) is 2.60. The quantitative estimate of drug-likeness (QED) is 0.833. The van der Waals surface area contributed by atoms with Crippen molar-refractivity contribution in [3.05, 3.63) is 38.8 Å². The number of aromatic nitrogens is 1. The Labute approximate surface area is 124 Å². The zero-order chi connectivity index (χ0) is 13.8. The third kappa shape index (κ3) is 3.78. The minimum absolute atomic E-state index is 0.0548. The first kappa shape index (κ1) is 14.0. The maximum Gasteiger partial charge on any atom is 0.221 e. The van der Waals surface area contributed by atoms with E-state index in [4.69, 9.17) is 0 Å². The van der Waals surface area contributed by atoms with Gasteiger partial charge in [0, 0.05) is 11.8 Å². The number of hydrogen-bond donors (Lipinski definition) is 2. The van der Waals surface area contributed by atoms with Gasteiger partial charge in [-0.1, -0.05) is 0 Å². The molecule has 2 aromatic rings. The van der Waals surface area contributed by atoms with Crippen molar-refractivity contribution in [1.82, 2.24) is 4.98 Å². The molecule has 0 atom stereocenters. The highest BCUT2D eigenvalue weighted by atomic mass is 79.9. The summed E-state index contributed by atoms with van der Waals surface area (Å²) in [6.07, 6.45) is 1.78. The SMILES string of the molecule is CC(=O)Nc1ccsc1CNc1cnc(Br)c(C)c1. The van der Waals surface area contributed by atoms with E-state index in [1.807, 2.05) is 24.4 Å². The van der Waals surface area contributed by atoms with Crippen LogP contribution in [0.1, 0.15) is 17.4 Å². The number of nitrogens with one attached hydrogen (secondary N) is 2. The first-order valence-corrected chi connectivity index (χ1v) is 7.43. The fourth-order valence-electron chi connectivity index (χ4n) is 1.62. The van der Waals surface area contributed by atoms with Crippen molar-refractivity contribution < 1.29 is 4.79 Å². The molecular weight excluding hydrogens is 326 g/mol. The summed E-state index contributed by atoms with van der Waals surface area (Å²) in [4.78, 5) is 16.4. The Balaban J connectivity index is 2.04. The van der Waals surface area contributed by atoms with Crippen LogP contribution in [0.25, 0.3) is 0 Å². The summed E-state index contributed by atoms with van der Waals surface area (Å²) in [5.74, 6) is -0.0548. The Kier molecular flexibility index (Phi) is 4.55. The van der Waals surface area contributed by atoms with Crippen LogP contribution in [0.4, 0.5) is 11.4 Å². The fraction of sp³-hybridized carbons (Fsp3) is 0.231. The Morgan fingerprint density at radius 1 is 1.53 bits per heavy atom. The second kappa shape index (κ2) is 6.16. The van der Waals surface area contributed by atoms with Crippen molar-refractivity contribution >= 4 is 44.5 Å². The lowest BCUT2D eigenvalue weighted by Crippen LogP contribution is -2.08. The molecule has 6 heteroatoms. The molecule has 0 radical (unpaired) electrons. The molecule has 0 aromatic carbocycles. The molecule has 2 aromatic heterocycles. The highest BCUT2D eigenvalue weighted by Crippen LogP contribution is 2.24. The van der Waals surface area contributed by atoms with Gasteiger partial charge in [0.25, 0.3) is 0 Å². The second-order valence-corrected chi connectivity index (χ2v) is 5.88. The number of anilines is 2. The van der Waals surface area contributed by atoms with Gasteiger partial charge in [0.05, 0.1) is 24.1 Å². The van der Waals surface area contributed by atoms with E-state index in [0.717, 1.165) is 26.4 Å². The van der Waals surface area contributed by atoms with Crippen molar-refractivity contribution in [3.8, 4) is 0 Å². The maximum absolute atomic E-state index is 11.1. The van der Waals surface area contributed by atoms with Crippen LogP contribution in [-0.2, 0) is 11.3 Å². The summed E-state index contributed by atoms with van der Waals surface area (Å²) in [5.41, 5.74) is 2.91. The van der Waals surface area contributed by atoms with Crippen molar-refractivity contribution in [1.29, 1.82) is 0 Å².